The van der Waals surface area contributed by atoms with Gasteiger partial charge in [0.2, 0.25) is 0 Å². The maximum absolute atomic E-state index is 3.65. The fraction of sp³-hybridized carbons (Fsp3) is 1.00. The highest BCUT2D eigenvalue weighted by Gasteiger charge is 2.13. The van der Waals surface area contributed by atoms with Gasteiger partial charge < -0.3 is 18.4 Å². The smallest absolute Gasteiger partial charge is 0.412 e. The lowest BCUT2D eigenvalue weighted by atomic mass is 10.00. The summed E-state index contributed by atoms with van der Waals surface area (Å²) < 4.78 is 1.14. The van der Waals surface area contributed by atoms with Crippen LogP contribution in [-0.4, -0.2) is 23.7 Å². The van der Waals surface area contributed by atoms with E-state index in [-0.39, 0.29) is 23.7 Å². The lowest BCUT2D eigenvalue weighted by molar-refractivity contribution is 0.503. The topological polar surface area (TPSA) is 31.5 Å². The summed E-state index contributed by atoms with van der Waals surface area (Å²) in [6.45, 7) is 0. The molecular formula is C6H13BrMgO. The zero-order valence-electron chi connectivity index (χ0n) is 5.70. The minimum atomic E-state index is 0. The van der Waals surface area contributed by atoms with Crippen molar-refractivity contribution in [2.24, 2.45) is 0 Å². The van der Waals surface area contributed by atoms with Crippen LogP contribution in [0.15, 0.2) is 0 Å². The molecule has 0 aliphatic heterocycles. The van der Waals surface area contributed by atoms with Gasteiger partial charge >= 0.3 is 18.2 Å². The fourth-order valence-electron chi connectivity index (χ4n) is 1.34. The van der Waals surface area contributed by atoms with Crippen molar-refractivity contribution in [1.82, 2.24) is 0 Å². The molecule has 1 aliphatic carbocycles. The molecule has 1 rings (SSSR count). The van der Waals surface area contributed by atoms with E-state index in [2.05, 4.69) is 12.9 Å². The molecule has 1 saturated carbocycles. The monoisotopic (exact) mass is 204 g/mol. The highest BCUT2D eigenvalue weighted by Crippen LogP contribution is 2.28. The molecular weight excluding hydrogens is 192 g/mol. The standard InChI is InChI=1S/C6H11.BrH.Mg.H2O/c1-2-4-6-5-3-1;;;/h1H,2-6H2;1H;;1H2/q;;+1;/p-1. The Morgan fingerprint density at radius 2 is 1.67 bits per heavy atom. The first-order chi connectivity index (χ1) is 3.93. The first-order valence-corrected chi connectivity index (χ1v) is 8.21. The Kier molecular flexibility index (Phi) is 6.75. The van der Waals surface area contributed by atoms with Crippen LogP contribution in [0.1, 0.15) is 32.1 Å². The van der Waals surface area contributed by atoms with Crippen LogP contribution in [0.2, 0.25) is 4.05 Å². The van der Waals surface area contributed by atoms with Crippen LogP contribution in [0.3, 0.4) is 0 Å². The van der Waals surface area contributed by atoms with E-state index in [1.54, 1.807) is 0 Å². The third kappa shape index (κ3) is 3.81. The van der Waals surface area contributed by atoms with Crippen molar-refractivity contribution in [2.45, 2.75) is 36.2 Å². The normalized spacial score (nSPS) is 20.1. The summed E-state index contributed by atoms with van der Waals surface area (Å²) in [6.07, 6.45) is 7.55. The van der Waals surface area contributed by atoms with E-state index in [4.69, 9.17) is 0 Å². The molecule has 9 heavy (non-hydrogen) atoms. The molecule has 0 unspecified atom stereocenters. The van der Waals surface area contributed by atoms with Gasteiger partial charge in [-0.3, -0.25) is 0 Å². The molecule has 0 saturated heterocycles. The Hall–Kier alpha value is 1.21. The minimum absolute atomic E-state index is 0. The Morgan fingerprint density at radius 3 is 2.00 bits per heavy atom. The van der Waals surface area contributed by atoms with Gasteiger partial charge in [-0.15, -0.1) is 4.05 Å². The van der Waals surface area contributed by atoms with Crippen LogP contribution in [-0.2, 0) is 0 Å². The van der Waals surface area contributed by atoms with Gasteiger partial charge in [0.1, 0.15) is 0 Å². The van der Waals surface area contributed by atoms with Gasteiger partial charge in [0.05, 0.1) is 0 Å². The van der Waals surface area contributed by atoms with Crippen molar-refractivity contribution in [3.63, 3.8) is 0 Å². The molecule has 0 amide bonds. The molecule has 3 heteroatoms. The number of rotatable bonds is 1. The summed E-state index contributed by atoms with van der Waals surface area (Å²) in [5.74, 6) is 0. The largest absolute Gasteiger partial charge is 0.471 e. The van der Waals surface area contributed by atoms with Crippen LogP contribution in [0, 0.1) is 0 Å². The third-order valence-electron chi connectivity index (χ3n) is 1.94. The number of hydrogen-bond donors (Lipinski definition) is 0. The summed E-state index contributed by atoms with van der Waals surface area (Å²) in [5.41, 5.74) is 0. The van der Waals surface area contributed by atoms with E-state index in [0.29, 0.717) is 0 Å². The molecule has 0 heterocycles. The van der Waals surface area contributed by atoms with E-state index >= 15 is 0 Å². The molecule has 0 aromatic carbocycles. The Bertz CT molecular complexity index is 64.1. The van der Waals surface area contributed by atoms with Gasteiger partial charge in [0.25, 0.3) is 0 Å². The van der Waals surface area contributed by atoms with Gasteiger partial charge in [0, 0.05) is 0 Å². The first-order valence-electron chi connectivity index (χ1n) is 3.49. The summed E-state index contributed by atoms with van der Waals surface area (Å²) >= 11 is 3.83. The van der Waals surface area contributed by atoms with E-state index in [1.165, 1.54) is 32.1 Å². The SMILES string of the molecule is O.[Br][Mg][CH]1CCCCC1. The highest BCUT2D eigenvalue weighted by molar-refractivity contribution is 9.23. The molecule has 1 nitrogen and oxygen atoms in total. The van der Waals surface area contributed by atoms with Crippen LogP contribution in [0.25, 0.3) is 0 Å². The Balaban J connectivity index is 0.000000640. The summed E-state index contributed by atoms with van der Waals surface area (Å²) in [5, 5.41) is 0. The molecule has 0 atom stereocenters. The lowest BCUT2D eigenvalue weighted by Crippen LogP contribution is -2.02. The maximum atomic E-state index is 3.65. The molecule has 0 aromatic heterocycles. The molecule has 52 valence electrons. The zero-order valence-corrected chi connectivity index (χ0v) is 8.70. The van der Waals surface area contributed by atoms with Crippen molar-refractivity contribution in [1.29, 1.82) is 0 Å². The summed E-state index contributed by atoms with van der Waals surface area (Å²) in [4.78, 5) is 0. The van der Waals surface area contributed by atoms with Gasteiger partial charge in [-0.25, -0.2) is 0 Å². The van der Waals surface area contributed by atoms with Gasteiger partial charge in [0.15, 0.2) is 0 Å². The molecule has 0 spiro atoms. The summed E-state index contributed by atoms with van der Waals surface area (Å²) in [6, 6.07) is 0. The fourth-order valence-corrected chi connectivity index (χ4v) is 4.17. The lowest BCUT2D eigenvalue weighted by Gasteiger charge is -2.18. The number of hydrogen-bond acceptors (Lipinski definition) is 0. The maximum Gasteiger partial charge on any atom is 0.471 e. The van der Waals surface area contributed by atoms with Crippen molar-refractivity contribution in [3.05, 3.63) is 0 Å². The van der Waals surface area contributed by atoms with Gasteiger partial charge in [-0.05, 0) is 0 Å². The predicted octanol–water partition coefficient (Wildman–Crippen LogP) is 1.93. The van der Waals surface area contributed by atoms with Crippen molar-refractivity contribution >= 4 is 31.1 Å². The average Bonchev–Trinajstić information content (AvgIpc) is 1.90. The zero-order chi connectivity index (χ0) is 5.82. The predicted molar refractivity (Wildman–Crippen MR) is 45.1 cm³/mol. The van der Waals surface area contributed by atoms with Crippen LogP contribution >= 0.6 is 12.9 Å². The highest BCUT2D eigenvalue weighted by atomic mass is 79.9. The second kappa shape index (κ2) is 5.95. The molecule has 0 aromatic rings. The molecule has 0 bridgehead atoms. The second-order valence-corrected chi connectivity index (χ2v) is 6.06. The van der Waals surface area contributed by atoms with Gasteiger partial charge in [-0.2, -0.15) is 0 Å². The Morgan fingerprint density at radius 1 is 1.11 bits per heavy atom. The van der Waals surface area contributed by atoms with Crippen LogP contribution < -0.4 is 0 Å². The molecule has 2 N–H and O–H groups in total. The number of halogens is 1. The first kappa shape index (κ1) is 10.2. The molecule has 0 radical (unpaired) electrons. The van der Waals surface area contributed by atoms with Crippen molar-refractivity contribution in [3.8, 4) is 0 Å². The Labute approximate surface area is 72.5 Å². The van der Waals surface area contributed by atoms with Crippen molar-refractivity contribution < 1.29 is 5.48 Å². The van der Waals surface area contributed by atoms with Crippen molar-refractivity contribution in [2.75, 3.05) is 0 Å². The quantitative estimate of drug-likeness (QED) is 0.586. The van der Waals surface area contributed by atoms with Crippen LogP contribution in [0.4, 0.5) is 0 Å². The van der Waals surface area contributed by atoms with Crippen LogP contribution in [0.5, 0.6) is 0 Å². The second-order valence-electron chi connectivity index (χ2n) is 2.66. The molecule has 1 fully saturated rings. The third-order valence-corrected chi connectivity index (χ3v) is 5.94. The van der Waals surface area contributed by atoms with Gasteiger partial charge in [-0.1, -0.05) is 32.1 Å². The average molecular weight is 205 g/mol. The van der Waals surface area contributed by atoms with E-state index in [9.17, 15) is 0 Å². The van der Waals surface area contributed by atoms with E-state index < -0.39 is 0 Å². The van der Waals surface area contributed by atoms with E-state index in [0.717, 1.165) is 4.05 Å². The van der Waals surface area contributed by atoms with E-state index in [1.807, 2.05) is 0 Å². The summed E-state index contributed by atoms with van der Waals surface area (Å²) in [7, 11) is 0. The molecule has 1 aliphatic rings. The minimum Gasteiger partial charge on any atom is -0.412 e.